The average molecular weight is 253 g/mol. The Morgan fingerprint density at radius 2 is 1.94 bits per heavy atom. The Hall–Kier alpha value is -1.23. The van der Waals surface area contributed by atoms with Crippen LogP contribution >= 0.6 is 0 Å². The minimum Gasteiger partial charge on any atom is -0.381 e. The highest BCUT2D eigenvalue weighted by Gasteiger charge is 2.39. The summed E-state index contributed by atoms with van der Waals surface area (Å²) < 4.78 is 19.1. The van der Waals surface area contributed by atoms with E-state index >= 15 is 0 Å². The molecule has 1 saturated carbocycles. The SMILES string of the molecule is COC1(c2nc(C)c(F)c(N)n2)CCC(C)CC1. The van der Waals surface area contributed by atoms with Crippen LogP contribution in [0.2, 0.25) is 0 Å². The van der Waals surface area contributed by atoms with Crippen molar-refractivity contribution in [2.24, 2.45) is 5.92 Å². The summed E-state index contributed by atoms with van der Waals surface area (Å²) in [5.41, 5.74) is 5.37. The van der Waals surface area contributed by atoms with Crippen LogP contribution in [0.4, 0.5) is 10.2 Å². The highest BCUT2D eigenvalue weighted by Crippen LogP contribution is 2.40. The monoisotopic (exact) mass is 253 g/mol. The average Bonchev–Trinajstić information content (AvgIpc) is 2.37. The van der Waals surface area contributed by atoms with Crippen molar-refractivity contribution in [3.63, 3.8) is 0 Å². The Morgan fingerprint density at radius 3 is 2.44 bits per heavy atom. The molecule has 2 N–H and O–H groups in total. The van der Waals surface area contributed by atoms with Crippen LogP contribution in [0, 0.1) is 18.7 Å². The number of hydrogen-bond donors (Lipinski definition) is 1. The zero-order chi connectivity index (χ0) is 13.3. The topological polar surface area (TPSA) is 61.0 Å². The molecule has 1 aromatic heterocycles. The summed E-state index contributed by atoms with van der Waals surface area (Å²) in [6, 6.07) is 0. The van der Waals surface area contributed by atoms with Crippen LogP contribution in [0.1, 0.15) is 44.1 Å². The zero-order valence-electron chi connectivity index (χ0n) is 11.2. The third-order valence-corrected chi connectivity index (χ3v) is 3.92. The number of rotatable bonds is 2. The Bertz CT molecular complexity index is 419. The summed E-state index contributed by atoms with van der Waals surface area (Å²) in [5, 5.41) is 0. The van der Waals surface area contributed by atoms with Gasteiger partial charge in [-0.05, 0) is 38.5 Å². The molecule has 18 heavy (non-hydrogen) atoms. The second-order valence-electron chi connectivity index (χ2n) is 5.21. The first-order valence-electron chi connectivity index (χ1n) is 6.34. The maximum atomic E-state index is 13.5. The van der Waals surface area contributed by atoms with Gasteiger partial charge in [-0.15, -0.1) is 0 Å². The quantitative estimate of drug-likeness (QED) is 0.880. The van der Waals surface area contributed by atoms with Gasteiger partial charge in [-0.2, -0.15) is 0 Å². The van der Waals surface area contributed by atoms with E-state index < -0.39 is 11.4 Å². The summed E-state index contributed by atoms with van der Waals surface area (Å²) in [6.45, 7) is 3.83. The van der Waals surface area contributed by atoms with Crippen LogP contribution in [0.15, 0.2) is 0 Å². The molecule has 0 saturated heterocycles. The van der Waals surface area contributed by atoms with E-state index in [2.05, 4.69) is 16.9 Å². The van der Waals surface area contributed by atoms with Crippen molar-refractivity contribution in [1.29, 1.82) is 0 Å². The molecule has 1 aliphatic carbocycles. The molecule has 0 unspecified atom stereocenters. The first-order chi connectivity index (χ1) is 8.48. The highest BCUT2D eigenvalue weighted by atomic mass is 19.1. The van der Waals surface area contributed by atoms with Crippen molar-refractivity contribution in [3.05, 3.63) is 17.3 Å². The summed E-state index contributed by atoms with van der Waals surface area (Å²) in [6.07, 6.45) is 3.84. The molecule has 0 radical (unpaired) electrons. The molecule has 1 aromatic rings. The summed E-state index contributed by atoms with van der Waals surface area (Å²) in [7, 11) is 1.66. The van der Waals surface area contributed by atoms with E-state index in [0.717, 1.165) is 25.7 Å². The van der Waals surface area contributed by atoms with E-state index in [-0.39, 0.29) is 11.5 Å². The van der Waals surface area contributed by atoms with Gasteiger partial charge in [-0.25, -0.2) is 14.4 Å². The van der Waals surface area contributed by atoms with Crippen molar-refractivity contribution < 1.29 is 9.13 Å². The second-order valence-corrected chi connectivity index (χ2v) is 5.21. The lowest BCUT2D eigenvalue weighted by Gasteiger charge is -2.37. The fourth-order valence-corrected chi connectivity index (χ4v) is 2.53. The maximum Gasteiger partial charge on any atom is 0.186 e. The standard InChI is InChI=1S/C13H20FN3O/c1-8-4-6-13(18-3,7-5-8)12-16-9(2)10(14)11(15)17-12/h8H,4-7H2,1-3H3,(H2,15,16,17). The first kappa shape index (κ1) is 13.2. The van der Waals surface area contributed by atoms with Gasteiger partial charge < -0.3 is 10.5 Å². The highest BCUT2D eigenvalue weighted by molar-refractivity contribution is 5.33. The van der Waals surface area contributed by atoms with Crippen LogP contribution in [-0.2, 0) is 10.3 Å². The Kier molecular flexibility index (Phi) is 3.52. The second kappa shape index (κ2) is 4.80. The molecule has 0 amide bonds. The van der Waals surface area contributed by atoms with Gasteiger partial charge in [0.25, 0.3) is 0 Å². The number of aromatic nitrogens is 2. The molecule has 100 valence electrons. The number of nitrogens with zero attached hydrogens (tertiary/aromatic N) is 2. The van der Waals surface area contributed by atoms with Gasteiger partial charge in [0, 0.05) is 7.11 Å². The number of nitrogen functional groups attached to an aromatic ring is 1. The number of aryl methyl sites for hydroxylation is 1. The number of methoxy groups -OCH3 is 1. The van der Waals surface area contributed by atoms with Gasteiger partial charge >= 0.3 is 0 Å². The Labute approximate surface area is 107 Å². The smallest absolute Gasteiger partial charge is 0.186 e. The summed E-state index contributed by atoms with van der Waals surface area (Å²) in [5.74, 6) is 0.585. The van der Waals surface area contributed by atoms with Crippen LogP contribution < -0.4 is 5.73 Å². The third-order valence-electron chi connectivity index (χ3n) is 3.92. The molecule has 0 spiro atoms. The van der Waals surface area contributed by atoms with Gasteiger partial charge in [0.05, 0.1) is 5.69 Å². The van der Waals surface area contributed by atoms with Gasteiger partial charge in [0.15, 0.2) is 17.5 Å². The predicted molar refractivity (Wildman–Crippen MR) is 67.5 cm³/mol. The maximum absolute atomic E-state index is 13.5. The molecular formula is C13H20FN3O. The molecule has 0 atom stereocenters. The van der Waals surface area contributed by atoms with E-state index in [4.69, 9.17) is 10.5 Å². The molecule has 1 aliphatic rings. The first-order valence-corrected chi connectivity index (χ1v) is 6.34. The number of anilines is 1. The van der Waals surface area contributed by atoms with Crippen LogP contribution in [-0.4, -0.2) is 17.1 Å². The third kappa shape index (κ3) is 2.19. The lowest BCUT2D eigenvalue weighted by Crippen LogP contribution is -2.35. The van der Waals surface area contributed by atoms with Gasteiger partial charge in [-0.1, -0.05) is 6.92 Å². The normalized spacial score (nSPS) is 28.3. The van der Waals surface area contributed by atoms with Crippen LogP contribution in [0.5, 0.6) is 0 Å². The molecular weight excluding hydrogens is 233 g/mol. The van der Waals surface area contributed by atoms with E-state index in [1.54, 1.807) is 14.0 Å². The van der Waals surface area contributed by atoms with Crippen molar-refractivity contribution in [1.82, 2.24) is 9.97 Å². The predicted octanol–water partition coefficient (Wildman–Crippen LogP) is 2.56. The minimum absolute atomic E-state index is 0.0902. The fourth-order valence-electron chi connectivity index (χ4n) is 2.53. The van der Waals surface area contributed by atoms with E-state index in [1.807, 2.05) is 0 Å². The molecule has 0 aromatic carbocycles. The summed E-state index contributed by atoms with van der Waals surface area (Å²) >= 11 is 0. The van der Waals surface area contributed by atoms with Gasteiger partial charge in [0.2, 0.25) is 0 Å². The molecule has 1 heterocycles. The molecule has 4 nitrogen and oxygen atoms in total. The van der Waals surface area contributed by atoms with Crippen molar-refractivity contribution in [2.75, 3.05) is 12.8 Å². The molecule has 0 bridgehead atoms. The van der Waals surface area contributed by atoms with E-state index in [9.17, 15) is 4.39 Å². The van der Waals surface area contributed by atoms with E-state index in [0.29, 0.717) is 11.7 Å². The zero-order valence-corrected chi connectivity index (χ0v) is 11.2. The fraction of sp³-hybridized carbons (Fsp3) is 0.692. The van der Waals surface area contributed by atoms with Crippen LogP contribution in [0.25, 0.3) is 0 Å². The molecule has 1 fully saturated rings. The Balaban J connectivity index is 2.39. The van der Waals surface area contributed by atoms with Crippen molar-refractivity contribution in [3.8, 4) is 0 Å². The number of ether oxygens (including phenoxy) is 1. The number of nitrogens with two attached hydrogens (primary N) is 1. The summed E-state index contributed by atoms with van der Waals surface area (Å²) in [4.78, 5) is 8.33. The lowest BCUT2D eigenvalue weighted by molar-refractivity contribution is -0.0598. The molecule has 5 heteroatoms. The number of halogens is 1. The van der Waals surface area contributed by atoms with Crippen molar-refractivity contribution in [2.45, 2.75) is 45.1 Å². The minimum atomic E-state index is -0.533. The van der Waals surface area contributed by atoms with Gasteiger partial charge in [-0.3, -0.25) is 0 Å². The molecule has 0 aliphatic heterocycles. The van der Waals surface area contributed by atoms with E-state index in [1.165, 1.54) is 0 Å². The lowest BCUT2D eigenvalue weighted by atomic mass is 9.79. The van der Waals surface area contributed by atoms with Crippen molar-refractivity contribution >= 4 is 5.82 Å². The molecule has 2 rings (SSSR count). The Morgan fingerprint density at radius 1 is 1.33 bits per heavy atom. The number of hydrogen-bond acceptors (Lipinski definition) is 4. The largest absolute Gasteiger partial charge is 0.381 e. The van der Waals surface area contributed by atoms with Gasteiger partial charge in [0.1, 0.15) is 5.60 Å². The van der Waals surface area contributed by atoms with Crippen LogP contribution in [0.3, 0.4) is 0 Å².